The molecule has 0 saturated carbocycles. The number of anilines is 1. The number of nitro benzene ring substituents is 1. The van der Waals surface area contributed by atoms with Crippen molar-refractivity contribution >= 4 is 34.6 Å². The molecule has 0 unspecified atom stereocenters. The Kier molecular flexibility index (Phi) is 5.41. The summed E-state index contributed by atoms with van der Waals surface area (Å²) in [4.78, 5) is 23.8. The van der Waals surface area contributed by atoms with Crippen molar-refractivity contribution in [1.82, 2.24) is 10.6 Å². The van der Waals surface area contributed by atoms with Crippen LogP contribution in [0.3, 0.4) is 0 Å². The van der Waals surface area contributed by atoms with Crippen molar-refractivity contribution in [2.75, 3.05) is 5.32 Å². The molecule has 1 atom stereocenters. The average molecular weight is 396 g/mol. The summed E-state index contributed by atoms with van der Waals surface area (Å²) in [6.45, 7) is 5.68. The number of carbonyl (C=O) groups is 1. The van der Waals surface area contributed by atoms with Gasteiger partial charge in [-0.3, -0.25) is 14.9 Å². The van der Waals surface area contributed by atoms with Crippen molar-refractivity contribution < 1.29 is 9.72 Å². The fraction of sp³-hybridized carbons (Fsp3) is 0.200. The first-order valence-electron chi connectivity index (χ1n) is 8.68. The van der Waals surface area contributed by atoms with Crippen molar-refractivity contribution in [3.63, 3.8) is 0 Å². The van der Waals surface area contributed by atoms with Gasteiger partial charge < -0.3 is 16.0 Å². The Labute approximate surface area is 168 Å². The first kappa shape index (κ1) is 19.5. The van der Waals surface area contributed by atoms with Crippen LogP contribution in [0.15, 0.2) is 53.7 Å². The van der Waals surface area contributed by atoms with Crippen LogP contribution >= 0.6 is 12.2 Å². The van der Waals surface area contributed by atoms with Gasteiger partial charge in [-0.2, -0.15) is 0 Å². The third-order valence-corrected chi connectivity index (χ3v) is 5.00. The van der Waals surface area contributed by atoms with Gasteiger partial charge in [0.25, 0.3) is 11.6 Å². The third kappa shape index (κ3) is 3.86. The maximum absolute atomic E-state index is 13.1. The second-order valence-corrected chi connectivity index (χ2v) is 7.03. The Morgan fingerprint density at radius 2 is 1.89 bits per heavy atom. The third-order valence-electron chi connectivity index (χ3n) is 4.78. The smallest absolute Gasteiger partial charge is 0.269 e. The zero-order valence-electron chi connectivity index (χ0n) is 15.7. The highest BCUT2D eigenvalue weighted by Gasteiger charge is 2.31. The zero-order valence-corrected chi connectivity index (χ0v) is 16.5. The molecule has 0 fully saturated rings. The van der Waals surface area contributed by atoms with Crippen LogP contribution in [0.4, 0.5) is 11.4 Å². The van der Waals surface area contributed by atoms with Gasteiger partial charge >= 0.3 is 0 Å². The number of nitrogens with zero attached hydrogens (tertiary/aromatic N) is 1. The molecular weight excluding hydrogens is 376 g/mol. The standard InChI is InChI=1S/C20H20N4O3S/c1-11-6-4-9-16(12(11)2)22-19(25)17-13(3)21-20(28)23-18(17)14-7-5-8-15(10-14)24(26)27/h4-10,18H,1-3H3,(H,22,25)(H2,21,23,28)/t18-/m1/s1. The van der Waals surface area contributed by atoms with E-state index in [0.717, 1.165) is 16.8 Å². The molecule has 2 aromatic rings. The molecule has 1 amide bonds. The molecule has 28 heavy (non-hydrogen) atoms. The summed E-state index contributed by atoms with van der Waals surface area (Å²) in [5, 5.41) is 20.5. The second kappa shape index (κ2) is 7.77. The summed E-state index contributed by atoms with van der Waals surface area (Å²) in [5.74, 6) is -0.301. The van der Waals surface area contributed by atoms with Crippen LogP contribution in [0.2, 0.25) is 0 Å². The number of hydrogen-bond acceptors (Lipinski definition) is 4. The molecule has 0 radical (unpaired) electrons. The summed E-state index contributed by atoms with van der Waals surface area (Å²) < 4.78 is 0. The fourth-order valence-corrected chi connectivity index (χ4v) is 3.41. The average Bonchev–Trinajstić information content (AvgIpc) is 2.64. The number of hydrogen-bond donors (Lipinski definition) is 3. The molecule has 2 aromatic carbocycles. The van der Waals surface area contributed by atoms with E-state index in [0.29, 0.717) is 21.9 Å². The number of thiocarbonyl (C=S) groups is 1. The van der Waals surface area contributed by atoms with Gasteiger partial charge in [0.1, 0.15) is 0 Å². The molecule has 0 spiro atoms. The lowest BCUT2D eigenvalue weighted by Gasteiger charge is -2.30. The summed E-state index contributed by atoms with van der Waals surface area (Å²) in [7, 11) is 0. The number of allylic oxidation sites excluding steroid dienone is 1. The summed E-state index contributed by atoms with van der Waals surface area (Å²) in [5.41, 5.74) is 4.33. The Morgan fingerprint density at radius 1 is 1.18 bits per heavy atom. The number of nitrogens with one attached hydrogen (secondary N) is 3. The van der Waals surface area contributed by atoms with E-state index in [9.17, 15) is 14.9 Å². The molecule has 0 bridgehead atoms. The number of rotatable bonds is 4. The van der Waals surface area contributed by atoms with Crippen LogP contribution in [0.1, 0.15) is 29.7 Å². The molecule has 0 aromatic heterocycles. The maximum atomic E-state index is 13.1. The lowest BCUT2D eigenvalue weighted by atomic mass is 9.94. The first-order valence-corrected chi connectivity index (χ1v) is 9.09. The van der Waals surface area contributed by atoms with E-state index in [1.54, 1.807) is 19.1 Å². The van der Waals surface area contributed by atoms with Gasteiger partial charge in [-0.15, -0.1) is 0 Å². The van der Waals surface area contributed by atoms with Crippen LogP contribution in [0, 0.1) is 24.0 Å². The van der Waals surface area contributed by atoms with Gasteiger partial charge in [0, 0.05) is 23.5 Å². The normalized spacial score (nSPS) is 16.2. The number of non-ortho nitro benzene ring substituents is 1. The van der Waals surface area contributed by atoms with Gasteiger partial charge in [-0.1, -0.05) is 24.3 Å². The van der Waals surface area contributed by atoms with E-state index >= 15 is 0 Å². The molecule has 144 valence electrons. The maximum Gasteiger partial charge on any atom is 0.269 e. The largest absolute Gasteiger partial charge is 0.351 e. The van der Waals surface area contributed by atoms with Crippen molar-refractivity contribution in [2.45, 2.75) is 26.8 Å². The summed E-state index contributed by atoms with van der Waals surface area (Å²) >= 11 is 5.23. The Balaban J connectivity index is 2.00. The minimum atomic E-state index is -0.598. The minimum Gasteiger partial charge on any atom is -0.351 e. The number of nitro groups is 1. The molecule has 3 rings (SSSR count). The lowest BCUT2D eigenvalue weighted by Crippen LogP contribution is -2.45. The molecule has 1 aliphatic rings. The van der Waals surface area contributed by atoms with Crippen molar-refractivity contribution in [1.29, 1.82) is 0 Å². The van der Waals surface area contributed by atoms with E-state index in [4.69, 9.17) is 12.2 Å². The van der Waals surface area contributed by atoms with Crippen molar-refractivity contribution in [3.05, 3.63) is 80.5 Å². The summed E-state index contributed by atoms with van der Waals surface area (Å²) in [6.07, 6.45) is 0. The topological polar surface area (TPSA) is 96.3 Å². The van der Waals surface area contributed by atoms with Crippen molar-refractivity contribution in [2.24, 2.45) is 0 Å². The molecule has 7 nitrogen and oxygen atoms in total. The number of amides is 1. The zero-order chi connectivity index (χ0) is 20.4. The number of aryl methyl sites for hydroxylation is 1. The fourth-order valence-electron chi connectivity index (χ4n) is 3.14. The van der Waals surface area contributed by atoms with E-state index in [-0.39, 0.29) is 11.6 Å². The Hall–Kier alpha value is -3.26. The van der Waals surface area contributed by atoms with Crippen LogP contribution < -0.4 is 16.0 Å². The molecular formula is C20H20N4O3S. The highest BCUT2D eigenvalue weighted by atomic mass is 32.1. The highest BCUT2D eigenvalue weighted by molar-refractivity contribution is 7.80. The first-order chi connectivity index (χ1) is 13.3. The molecule has 1 heterocycles. The molecule has 3 N–H and O–H groups in total. The van der Waals surface area contributed by atoms with Gasteiger partial charge in [-0.25, -0.2) is 0 Å². The van der Waals surface area contributed by atoms with Crippen LogP contribution in [0.25, 0.3) is 0 Å². The Morgan fingerprint density at radius 3 is 2.61 bits per heavy atom. The quantitative estimate of drug-likeness (QED) is 0.415. The van der Waals surface area contributed by atoms with E-state index in [1.165, 1.54) is 12.1 Å². The van der Waals surface area contributed by atoms with Gasteiger partial charge in [0.05, 0.1) is 16.5 Å². The van der Waals surface area contributed by atoms with E-state index in [2.05, 4.69) is 16.0 Å². The molecule has 0 aliphatic carbocycles. The van der Waals surface area contributed by atoms with Crippen molar-refractivity contribution in [3.8, 4) is 0 Å². The minimum absolute atomic E-state index is 0.0457. The summed E-state index contributed by atoms with van der Waals surface area (Å²) in [6, 6.07) is 11.3. The molecule has 1 aliphatic heterocycles. The van der Waals surface area contributed by atoms with Gasteiger partial charge in [0.2, 0.25) is 0 Å². The van der Waals surface area contributed by atoms with Crippen LogP contribution in [-0.4, -0.2) is 15.9 Å². The Bertz CT molecular complexity index is 1020. The SMILES string of the molecule is CC1=C(C(=O)Nc2cccc(C)c2C)[C@@H](c2cccc([N+](=O)[O-])c2)NC(=S)N1. The highest BCUT2D eigenvalue weighted by Crippen LogP contribution is 2.30. The second-order valence-electron chi connectivity index (χ2n) is 6.62. The molecule has 8 heteroatoms. The van der Waals surface area contributed by atoms with E-state index in [1.807, 2.05) is 32.0 Å². The van der Waals surface area contributed by atoms with Gasteiger partial charge in [0.15, 0.2) is 5.11 Å². The molecule has 0 saturated heterocycles. The monoisotopic (exact) mass is 396 g/mol. The van der Waals surface area contributed by atoms with Gasteiger partial charge in [-0.05, 0) is 55.7 Å². The predicted molar refractivity (Wildman–Crippen MR) is 112 cm³/mol. The van der Waals surface area contributed by atoms with Crippen LogP contribution in [-0.2, 0) is 4.79 Å². The number of benzene rings is 2. The van der Waals surface area contributed by atoms with Crippen LogP contribution in [0.5, 0.6) is 0 Å². The number of carbonyl (C=O) groups excluding carboxylic acids is 1. The lowest BCUT2D eigenvalue weighted by molar-refractivity contribution is -0.384. The van der Waals surface area contributed by atoms with E-state index < -0.39 is 11.0 Å². The predicted octanol–water partition coefficient (Wildman–Crippen LogP) is 3.64.